The lowest BCUT2D eigenvalue weighted by Crippen LogP contribution is -2.43. The summed E-state index contributed by atoms with van der Waals surface area (Å²) in [4.78, 5) is 2.76. The largest absolute Gasteiger partial charge is 0.300 e. The maximum atomic E-state index is 3.92. The van der Waals surface area contributed by atoms with Crippen LogP contribution in [-0.4, -0.2) is 24.0 Å². The Hall–Kier alpha value is -0.300. The van der Waals surface area contributed by atoms with E-state index in [9.17, 15) is 0 Å². The van der Waals surface area contributed by atoms with E-state index in [1.807, 2.05) is 0 Å². The molecular formula is C14H25N. The van der Waals surface area contributed by atoms with Crippen molar-refractivity contribution in [1.82, 2.24) is 4.90 Å². The van der Waals surface area contributed by atoms with E-state index < -0.39 is 0 Å². The van der Waals surface area contributed by atoms with Crippen LogP contribution in [0.1, 0.15) is 45.4 Å². The Morgan fingerprint density at radius 2 is 1.87 bits per heavy atom. The fraction of sp³-hybridized carbons (Fsp3) is 0.857. The zero-order chi connectivity index (χ0) is 10.7. The Labute approximate surface area is 94.5 Å². The van der Waals surface area contributed by atoms with Gasteiger partial charge in [-0.1, -0.05) is 13.0 Å². The average molecular weight is 207 g/mol. The number of nitrogens with zero attached hydrogens (tertiary/aromatic N) is 1. The van der Waals surface area contributed by atoms with Gasteiger partial charge in [-0.15, -0.1) is 6.58 Å². The molecule has 0 aromatic carbocycles. The minimum atomic E-state index is 0.809. The Morgan fingerprint density at radius 3 is 2.47 bits per heavy atom. The standard InChI is InChI=1S/C14H25N/c1-3-13-6-8-14(9-7-13)15-10-4-5-12(2)11-15/h3,12-14H,1,4-11H2,2H3. The van der Waals surface area contributed by atoms with Crippen molar-refractivity contribution in [1.29, 1.82) is 0 Å². The summed E-state index contributed by atoms with van der Waals surface area (Å²) < 4.78 is 0. The summed E-state index contributed by atoms with van der Waals surface area (Å²) in [6, 6.07) is 0.893. The molecule has 1 heterocycles. The summed E-state index contributed by atoms with van der Waals surface area (Å²) in [5.41, 5.74) is 0. The number of allylic oxidation sites excluding steroid dienone is 1. The van der Waals surface area contributed by atoms with E-state index in [4.69, 9.17) is 0 Å². The molecule has 86 valence electrons. The first kappa shape index (κ1) is 11.2. The smallest absolute Gasteiger partial charge is 0.00957 e. The van der Waals surface area contributed by atoms with Gasteiger partial charge in [0.25, 0.3) is 0 Å². The van der Waals surface area contributed by atoms with Crippen LogP contribution in [0.3, 0.4) is 0 Å². The van der Waals surface area contributed by atoms with Crippen LogP contribution in [0.15, 0.2) is 12.7 Å². The van der Waals surface area contributed by atoms with Gasteiger partial charge in [-0.05, 0) is 56.9 Å². The van der Waals surface area contributed by atoms with Gasteiger partial charge in [-0.3, -0.25) is 0 Å². The van der Waals surface area contributed by atoms with Gasteiger partial charge in [0.1, 0.15) is 0 Å². The highest BCUT2D eigenvalue weighted by Crippen LogP contribution is 2.30. The molecular weight excluding hydrogens is 182 g/mol. The summed E-state index contributed by atoms with van der Waals surface area (Å²) in [6.45, 7) is 9.03. The molecule has 0 bridgehead atoms. The van der Waals surface area contributed by atoms with Gasteiger partial charge >= 0.3 is 0 Å². The maximum absolute atomic E-state index is 3.92. The fourth-order valence-electron chi connectivity index (χ4n) is 3.26. The normalized spacial score (nSPS) is 38.9. The number of hydrogen-bond donors (Lipinski definition) is 0. The summed E-state index contributed by atoms with van der Waals surface area (Å²) in [5, 5.41) is 0. The second-order valence-electron chi connectivity index (χ2n) is 5.55. The van der Waals surface area contributed by atoms with Crippen LogP contribution in [0.4, 0.5) is 0 Å². The fourth-order valence-corrected chi connectivity index (χ4v) is 3.26. The quantitative estimate of drug-likeness (QED) is 0.627. The Bertz CT molecular complexity index is 203. The summed E-state index contributed by atoms with van der Waals surface area (Å²) in [6.07, 6.45) is 10.6. The molecule has 2 fully saturated rings. The van der Waals surface area contributed by atoms with Crippen molar-refractivity contribution in [3.8, 4) is 0 Å². The molecule has 0 amide bonds. The molecule has 0 radical (unpaired) electrons. The highest BCUT2D eigenvalue weighted by Gasteiger charge is 2.27. The van der Waals surface area contributed by atoms with Gasteiger partial charge in [0.05, 0.1) is 0 Å². The molecule has 0 aromatic rings. The summed E-state index contributed by atoms with van der Waals surface area (Å²) in [5.74, 6) is 1.74. The third-order valence-electron chi connectivity index (χ3n) is 4.28. The van der Waals surface area contributed by atoms with E-state index in [1.165, 1.54) is 51.6 Å². The minimum absolute atomic E-state index is 0.809. The third kappa shape index (κ3) is 2.84. The van der Waals surface area contributed by atoms with Gasteiger partial charge in [0.2, 0.25) is 0 Å². The van der Waals surface area contributed by atoms with Crippen molar-refractivity contribution in [2.24, 2.45) is 11.8 Å². The van der Waals surface area contributed by atoms with E-state index in [-0.39, 0.29) is 0 Å². The molecule has 2 rings (SSSR count). The van der Waals surface area contributed by atoms with Gasteiger partial charge in [0, 0.05) is 12.6 Å². The Kier molecular flexibility index (Phi) is 3.85. The molecule has 15 heavy (non-hydrogen) atoms. The lowest BCUT2D eigenvalue weighted by Gasteiger charge is -2.40. The topological polar surface area (TPSA) is 3.24 Å². The zero-order valence-corrected chi connectivity index (χ0v) is 10.1. The number of hydrogen-bond acceptors (Lipinski definition) is 1. The predicted molar refractivity (Wildman–Crippen MR) is 65.9 cm³/mol. The predicted octanol–water partition coefficient (Wildman–Crippen LogP) is 3.46. The van der Waals surface area contributed by atoms with Crippen molar-refractivity contribution < 1.29 is 0 Å². The van der Waals surface area contributed by atoms with Crippen molar-refractivity contribution in [3.63, 3.8) is 0 Å². The van der Waals surface area contributed by atoms with Crippen molar-refractivity contribution >= 4 is 0 Å². The number of rotatable bonds is 2. The van der Waals surface area contributed by atoms with Crippen molar-refractivity contribution in [3.05, 3.63) is 12.7 Å². The summed E-state index contributed by atoms with van der Waals surface area (Å²) in [7, 11) is 0. The molecule has 2 aliphatic rings. The van der Waals surface area contributed by atoms with Crippen LogP contribution in [0.5, 0.6) is 0 Å². The molecule has 1 atom stereocenters. The van der Waals surface area contributed by atoms with Gasteiger partial charge in [-0.25, -0.2) is 0 Å². The van der Waals surface area contributed by atoms with Crippen molar-refractivity contribution in [2.45, 2.75) is 51.5 Å². The van der Waals surface area contributed by atoms with E-state index in [2.05, 4.69) is 24.5 Å². The zero-order valence-electron chi connectivity index (χ0n) is 10.1. The molecule has 1 aliphatic carbocycles. The van der Waals surface area contributed by atoms with Crippen LogP contribution in [0, 0.1) is 11.8 Å². The second kappa shape index (κ2) is 5.16. The Morgan fingerprint density at radius 1 is 1.13 bits per heavy atom. The number of piperidine rings is 1. The first-order valence-corrected chi connectivity index (χ1v) is 6.66. The van der Waals surface area contributed by atoms with Gasteiger partial charge in [-0.2, -0.15) is 0 Å². The average Bonchev–Trinajstić information content (AvgIpc) is 2.29. The molecule has 0 aromatic heterocycles. The lowest BCUT2D eigenvalue weighted by molar-refractivity contribution is 0.0971. The minimum Gasteiger partial charge on any atom is -0.300 e. The highest BCUT2D eigenvalue weighted by molar-refractivity contribution is 4.88. The van der Waals surface area contributed by atoms with E-state index in [0.29, 0.717) is 0 Å². The Balaban J connectivity index is 1.81. The molecule has 1 aliphatic heterocycles. The van der Waals surface area contributed by atoms with Gasteiger partial charge < -0.3 is 4.90 Å². The van der Waals surface area contributed by atoms with Crippen LogP contribution in [0.2, 0.25) is 0 Å². The van der Waals surface area contributed by atoms with E-state index >= 15 is 0 Å². The first-order chi connectivity index (χ1) is 7.29. The van der Waals surface area contributed by atoms with Crippen LogP contribution >= 0.6 is 0 Å². The molecule has 0 spiro atoms. The SMILES string of the molecule is C=CC1CCC(N2CCCC(C)C2)CC1. The van der Waals surface area contributed by atoms with Crippen LogP contribution in [-0.2, 0) is 0 Å². The molecule has 1 nitrogen and oxygen atoms in total. The molecule has 1 unspecified atom stereocenters. The maximum Gasteiger partial charge on any atom is 0.00957 e. The molecule has 1 heteroatoms. The molecule has 1 saturated carbocycles. The summed E-state index contributed by atoms with van der Waals surface area (Å²) >= 11 is 0. The third-order valence-corrected chi connectivity index (χ3v) is 4.28. The van der Waals surface area contributed by atoms with Crippen molar-refractivity contribution in [2.75, 3.05) is 13.1 Å². The highest BCUT2D eigenvalue weighted by atomic mass is 15.2. The second-order valence-corrected chi connectivity index (χ2v) is 5.55. The van der Waals surface area contributed by atoms with Crippen LogP contribution in [0.25, 0.3) is 0 Å². The van der Waals surface area contributed by atoms with Gasteiger partial charge in [0.15, 0.2) is 0 Å². The monoisotopic (exact) mass is 207 g/mol. The first-order valence-electron chi connectivity index (χ1n) is 6.66. The van der Waals surface area contributed by atoms with E-state index in [1.54, 1.807) is 0 Å². The van der Waals surface area contributed by atoms with E-state index in [0.717, 1.165) is 17.9 Å². The lowest BCUT2D eigenvalue weighted by atomic mass is 9.84. The molecule has 1 saturated heterocycles. The van der Waals surface area contributed by atoms with Crippen LogP contribution < -0.4 is 0 Å². The molecule has 0 N–H and O–H groups in total. The number of likely N-dealkylation sites (tertiary alicyclic amines) is 1.